The van der Waals surface area contributed by atoms with Gasteiger partial charge in [0.05, 0.1) is 32.0 Å². The van der Waals surface area contributed by atoms with Gasteiger partial charge in [0, 0.05) is 12.8 Å². The predicted molar refractivity (Wildman–Crippen MR) is 67.7 cm³/mol. The first-order chi connectivity index (χ1) is 8.67. The first-order valence-electron chi connectivity index (χ1n) is 5.41. The maximum absolute atomic E-state index is 10.8. The normalized spacial score (nSPS) is 12.7. The van der Waals surface area contributed by atoms with Gasteiger partial charge in [-0.25, -0.2) is 0 Å². The molecule has 0 fully saturated rings. The largest absolute Gasteiger partial charge is 0.469 e. The van der Waals surface area contributed by atoms with Crippen LogP contribution in [0.4, 0.5) is 0 Å². The van der Waals surface area contributed by atoms with Gasteiger partial charge < -0.3 is 4.42 Å². The van der Waals surface area contributed by atoms with Crippen LogP contribution < -0.4 is 0 Å². The van der Waals surface area contributed by atoms with Crippen LogP contribution in [0.25, 0.3) is 0 Å². The topological polar surface area (TPSA) is 99.9 Å². The Hall–Kier alpha value is -0.900. The summed E-state index contributed by atoms with van der Waals surface area (Å²) in [4.78, 5) is 0. The lowest BCUT2D eigenvalue weighted by Gasteiger charge is -2.03. The van der Waals surface area contributed by atoms with E-state index < -0.39 is 20.2 Å². The summed E-state index contributed by atoms with van der Waals surface area (Å²) >= 11 is 0. The van der Waals surface area contributed by atoms with Crippen molar-refractivity contribution >= 4 is 20.2 Å². The lowest BCUT2D eigenvalue weighted by molar-refractivity contribution is 0.308. The molecule has 1 rings (SSSR count). The third-order valence-electron chi connectivity index (χ3n) is 2.13. The van der Waals surface area contributed by atoms with E-state index >= 15 is 0 Å². The summed E-state index contributed by atoms with van der Waals surface area (Å²) < 4.78 is 57.6. The highest BCUT2D eigenvalue weighted by molar-refractivity contribution is 7.86. The van der Waals surface area contributed by atoms with Crippen LogP contribution in [0.3, 0.4) is 0 Å². The molecule has 0 atom stereocenters. The van der Waals surface area contributed by atoms with Crippen LogP contribution in [0.1, 0.15) is 11.3 Å². The molecule has 0 spiro atoms. The SMILES string of the molecule is CS(=O)(=O)OCCc1ccoc1CCOS(C)(=O)=O. The molecule has 9 heteroatoms. The second-order valence-corrected chi connectivity index (χ2v) is 7.21. The molecule has 0 aliphatic carbocycles. The summed E-state index contributed by atoms with van der Waals surface area (Å²) in [6, 6.07) is 1.68. The van der Waals surface area contributed by atoms with E-state index in [9.17, 15) is 16.8 Å². The Labute approximate surface area is 112 Å². The van der Waals surface area contributed by atoms with Crippen LogP contribution in [0.15, 0.2) is 16.7 Å². The van der Waals surface area contributed by atoms with Crippen molar-refractivity contribution in [2.24, 2.45) is 0 Å². The fraction of sp³-hybridized carbons (Fsp3) is 0.600. The van der Waals surface area contributed by atoms with Crippen molar-refractivity contribution in [2.75, 3.05) is 25.7 Å². The zero-order valence-electron chi connectivity index (χ0n) is 10.7. The van der Waals surface area contributed by atoms with Gasteiger partial charge in [-0.3, -0.25) is 8.37 Å². The third-order valence-corrected chi connectivity index (χ3v) is 3.32. The molecule has 19 heavy (non-hydrogen) atoms. The minimum Gasteiger partial charge on any atom is -0.469 e. The van der Waals surface area contributed by atoms with E-state index in [-0.39, 0.29) is 19.6 Å². The molecule has 0 amide bonds. The molecule has 0 saturated carbocycles. The summed E-state index contributed by atoms with van der Waals surface area (Å²) in [6.07, 6.45) is 4.04. The van der Waals surface area contributed by atoms with Crippen LogP contribution in [-0.4, -0.2) is 42.6 Å². The van der Waals surface area contributed by atoms with Gasteiger partial charge >= 0.3 is 0 Å². The molecule has 0 aliphatic heterocycles. The third kappa shape index (κ3) is 7.31. The van der Waals surface area contributed by atoms with E-state index in [1.165, 1.54) is 6.26 Å². The highest BCUT2D eigenvalue weighted by atomic mass is 32.2. The average molecular weight is 312 g/mol. The molecule has 0 unspecified atom stereocenters. The average Bonchev–Trinajstić information content (AvgIpc) is 2.62. The lowest BCUT2D eigenvalue weighted by Crippen LogP contribution is -2.09. The van der Waals surface area contributed by atoms with Crippen LogP contribution in [0.2, 0.25) is 0 Å². The first kappa shape index (κ1) is 16.2. The minimum atomic E-state index is -3.47. The molecular formula is C10H16O7S2. The van der Waals surface area contributed by atoms with Crippen molar-refractivity contribution in [3.8, 4) is 0 Å². The molecule has 1 heterocycles. The highest BCUT2D eigenvalue weighted by Crippen LogP contribution is 2.13. The fourth-order valence-corrected chi connectivity index (χ4v) is 2.17. The minimum absolute atomic E-state index is 0.0122. The van der Waals surface area contributed by atoms with E-state index in [2.05, 4.69) is 8.37 Å². The molecule has 110 valence electrons. The van der Waals surface area contributed by atoms with E-state index in [4.69, 9.17) is 4.42 Å². The number of rotatable bonds is 8. The van der Waals surface area contributed by atoms with Crippen molar-refractivity contribution in [3.05, 3.63) is 23.7 Å². The maximum Gasteiger partial charge on any atom is 0.264 e. The van der Waals surface area contributed by atoms with Gasteiger partial charge in [-0.05, 0) is 11.6 Å². The van der Waals surface area contributed by atoms with Gasteiger partial charge in [-0.1, -0.05) is 0 Å². The Morgan fingerprint density at radius 2 is 1.53 bits per heavy atom. The second-order valence-electron chi connectivity index (χ2n) is 3.92. The molecule has 7 nitrogen and oxygen atoms in total. The van der Waals surface area contributed by atoms with Gasteiger partial charge in [-0.15, -0.1) is 0 Å². The van der Waals surface area contributed by atoms with Crippen LogP contribution in [0.5, 0.6) is 0 Å². The molecule has 0 aliphatic rings. The molecule has 0 N–H and O–H groups in total. The zero-order chi connectivity index (χ0) is 14.5. The second kappa shape index (κ2) is 6.51. The monoisotopic (exact) mass is 312 g/mol. The Bertz CT molecular complexity index is 545. The highest BCUT2D eigenvalue weighted by Gasteiger charge is 2.10. The molecule has 1 aromatic heterocycles. The van der Waals surface area contributed by atoms with Crippen molar-refractivity contribution < 1.29 is 29.6 Å². The van der Waals surface area contributed by atoms with Gasteiger partial charge in [0.25, 0.3) is 20.2 Å². The Morgan fingerprint density at radius 3 is 2.05 bits per heavy atom. The fourth-order valence-electron chi connectivity index (χ4n) is 1.40. The Morgan fingerprint density at radius 1 is 1.00 bits per heavy atom. The van der Waals surface area contributed by atoms with Crippen molar-refractivity contribution in [2.45, 2.75) is 12.8 Å². The first-order valence-corrected chi connectivity index (χ1v) is 9.05. The van der Waals surface area contributed by atoms with Gasteiger partial charge in [0.1, 0.15) is 5.76 Å². The number of hydrogen-bond donors (Lipinski definition) is 0. The van der Waals surface area contributed by atoms with E-state index in [1.54, 1.807) is 6.07 Å². The summed E-state index contributed by atoms with van der Waals surface area (Å²) in [5.41, 5.74) is 0.765. The molecule has 0 radical (unpaired) electrons. The van der Waals surface area contributed by atoms with E-state index in [0.717, 1.165) is 18.1 Å². The summed E-state index contributed by atoms with van der Waals surface area (Å²) in [6.45, 7) is -0.00934. The molecule has 0 bridgehead atoms. The van der Waals surface area contributed by atoms with Gasteiger partial charge in [0.2, 0.25) is 0 Å². The summed E-state index contributed by atoms with van der Waals surface area (Å²) in [5.74, 6) is 0.556. The molecule has 0 saturated heterocycles. The van der Waals surface area contributed by atoms with Gasteiger partial charge in [0.15, 0.2) is 0 Å². The van der Waals surface area contributed by atoms with Gasteiger partial charge in [-0.2, -0.15) is 16.8 Å². The van der Waals surface area contributed by atoms with Crippen molar-refractivity contribution in [1.29, 1.82) is 0 Å². The number of furan rings is 1. The smallest absolute Gasteiger partial charge is 0.264 e. The van der Waals surface area contributed by atoms with E-state index in [1.807, 2.05) is 0 Å². The van der Waals surface area contributed by atoms with Crippen LogP contribution >= 0.6 is 0 Å². The van der Waals surface area contributed by atoms with Crippen molar-refractivity contribution in [3.63, 3.8) is 0 Å². The van der Waals surface area contributed by atoms with Crippen LogP contribution in [-0.2, 0) is 41.4 Å². The van der Waals surface area contributed by atoms with E-state index in [0.29, 0.717) is 12.2 Å². The Balaban J connectivity index is 2.46. The van der Waals surface area contributed by atoms with Crippen LogP contribution in [0, 0.1) is 0 Å². The molecule has 0 aromatic carbocycles. The summed E-state index contributed by atoms with van der Waals surface area (Å²) in [5, 5.41) is 0. The quantitative estimate of drug-likeness (QED) is 0.637. The number of hydrogen-bond acceptors (Lipinski definition) is 7. The lowest BCUT2D eigenvalue weighted by atomic mass is 10.1. The molecular weight excluding hydrogens is 296 g/mol. The molecule has 1 aromatic rings. The van der Waals surface area contributed by atoms with Crippen molar-refractivity contribution in [1.82, 2.24) is 0 Å². The maximum atomic E-state index is 10.8. The summed E-state index contributed by atoms with van der Waals surface area (Å²) in [7, 11) is -6.93. The predicted octanol–water partition coefficient (Wildman–Crippen LogP) is 0.317. The Kier molecular flexibility index (Phi) is 5.53. The zero-order valence-corrected chi connectivity index (χ0v) is 12.3. The standard InChI is InChI=1S/C10H16O7S2/c1-18(11,12)16-7-4-9-3-6-15-10(9)5-8-17-19(2,13)14/h3,6H,4-5,7-8H2,1-2H3.